The predicted molar refractivity (Wildman–Crippen MR) is 80.3 cm³/mol. The summed E-state index contributed by atoms with van der Waals surface area (Å²) in [5.41, 5.74) is 4.67. The minimum Gasteiger partial charge on any atom is -0.369 e. The second-order valence-corrected chi connectivity index (χ2v) is 5.26. The SMILES string of the molecule is CC=CCn1c(SCC(N)=O)nc2c1c(=O)[nH]c(=O)n2C. The number of aryl methyl sites for hydroxylation is 1. The first-order valence-electron chi connectivity index (χ1n) is 6.17. The van der Waals surface area contributed by atoms with Gasteiger partial charge in [-0.05, 0) is 6.92 Å². The molecule has 3 N–H and O–H groups in total. The van der Waals surface area contributed by atoms with E-state index in [-0.39, 0.29) is 11.4 Å². The number of fused-ring (bicyclic) bond motifs is 1. The third kappa shape index (κ3) is 2.92. The molecule has 0 aliphatic rings. The van der Waals surface area contributed by atoms with Crippen LogP contribution in [-0.2, 0) is 18.4 Å². The number of carbonyl (C=O) groups is 1. The number of hydrogen-bond acceptors (Lipinski definition) is 5. The van der Waals surface area contributed by atoms with Crippen LogP contribution in [0.3, 0.4) is 0 Å². The van der Waals surface area contributed by atoms with E-state index in [1.54, 1.807) is 4.57 Å². The molecule has 2 heterocycles. The van der Waals surface area contributed by atoms with Crippen molar-refractivity contribution in [3.8, 4) is 0 Å². The third-order valence-corrected chi connectivity index (χ3v) is 3.84. The summed E-state index contributed by atoms with van der Waals surface area (Å²) < 4.78 is 2.92. The van der Waals surface area contributed by atoms with E-state index in [0.29, 0.717) is 17.2 Å². The molecule has 2 aromatic rings. The molecule has 21 heavy (non-hydrogen) atoms. The zero-order valence-electron chi connectivity index (χ0n) is 11.6. The summed E-state index contributed by atoms with van der Waals surface area (Å²) in [7, 11) is 1.52. The highest BCUT2D eigenvalue weighted by Gasteiger charge is 2.17. The number of nitrogens with two attached hydrogens (primary N) is 1. The average molecular weight is 309 g/mol. The van der Waals surface area contributed by atoms with Crippen LogP contribution < -0.4 is 17.0 Å². The highest BCUT2D eigenvalue weighted by atomic mass is 32.2. The number of aromatic amines is 1. The van der Waals surface area contributed by atoms with E-state index in [4.69, 9.17) is 5.73 Å². The molecule has 0 unspecified atom stereocenters. The molecular formula is C12H15N5O3S. The van der Waals surface area contributed by atoms with Gasteiger partial charge in [0.1, 0.15) is 0 Å². The Morgan fingerprint density at radius 3 is 2.81 bits per heavy atom. The van der Waals surface area contributed by atoms with Gasteiger partial charge in [0.2, 0.25) is 5.91 Å². The normalized spacial score (nSPS) is 11.5. The number of nitrogens with one attached hydrogen (secondary N) is 1. The maximum absolute atomic E-state index is 12.0. The zero-order chi connectivity index (χ0) is 15.6. The molecule has 2 aromatic heterocycles. The van der Waals surface area contributed by atoms with E-state index >= 15 is 0 Å². The molecule has 0 aromatic carbocycles. The van der Waals surface area contributed by atoms with Gasteiger partial charge in [0.15, 0.2) is 16.3 Å². The van der Waals surface area contributed by atoms with Crippen LogP contribution in [0.2, 0.25) is 0 Å². The molecule has 0 atom stereocenters. The summed E-state index contributed by atoms with van der Waals surface area (Å²) in [6.07, 6.45) is 3.69. The number of carbonyl (C=O) groups excluding carboxylic acids is 1. The Balaban J connectivity index is 2.69. The summed E-state index contributed by atoms with van der Waals surface area (Å²) in [6.45, 7) is 2.27. The van der Waals surface area contributed by atoms with Crippen molar-refractivity contribution in [3.05, 3.63) is 33.0 Å². The Kier molecular flexibility index (Phi) is 4.32. The molecule has 2 rings (SSSR count). The smallest absolute Gasteiger partial charge is 0.329 e. The van der Waals surface area contributed by atoms with Crippen molar-refractivity contribution < 1.29 is 4.79 Å². The summed E-state index contributed by atoms with van der Waals surface area (Å²) in [4.78, 5) is 41.1. The number of allylic oxidation sites excluding steroid dienone is 2. The lowest BCUT2D eigenvalue weighted by atomic mass is 10.4. The van der Waals surface area contributed by atoms with Crippen LogP contribution in [0.4, 0.5) is 0 Å². The number of thioether (sulfide) groups is 1. The van der Waals surface area contributed by atoms with Gasteiger partial charge in [0, 0.05) is 13.6 Å². The number of amides is 1. The third-order valence-electron chi connectivity index (χ3n) is 2.84. The Morgan fingerprint density at radius 1 is 1.48 bits per heavy atom. The second kappa shape index (κ2) is 6.00. The van der Waals surface area contributed by atoms with Crippen LogP contribution in [0.1, 0.15) is 6.92 Å². The Hall–Kier alpha value is -2.29. The minimum atomic E-state index is -0.533. The molecule has 0 fully saturated rings. The number of imidazole rings is 1. The van der Waals surface area contributed by atoms with Gasteiger partial charge in [0.25, 0.3) is 5.56 Å². The van der Waals surface area contributed by atoms with Crippen LogP contribution in [0.5, 0.6) is 0 Å². The Labute approximate surface area is 123 Å². The van der Waals surface area contributed by atoms with Crippen LogP contribution in [0, 0.1) is 0 Å². The van der Waals surface area contributed by atoms with E-state index in [1.165, 1.54) is 11.6 Å². The van der Waals surface area contributed by atoms with Gasteiger partial charge in [-0.2, -0.15) is 0 Å². The lowest BCUT2D eigenvalue weighted by Crippen LogP contribution is -2.29. The molecule has 8 nitrogen and oxygen atoms in total. The number of primary amides is 1. The fourth-order valence-corrected chi connectivity index (χ4v) is 2.58. The molecule has 112 valence electrons. The fraction of sp³-hybridized carbons (Fsp3) is 0.333. The topological polar surface area (TPSA) is 116 Å². The van der Waals surface area contributed by atoms with E-state index in [9.17, 15) is 14.4 Å². The van der Waals surface area contributed by atoms with E-state index < -0.39 is 17.2 Å². The maximum atomic E-state index is 12.0. The number of nitrogens with zero attached hydrogens (tertiary/aromatic N) is 3. The maximum Gasteiger partial charge on any atom is 0.329 e. The molecule has 9 heteroatoms. The number of H-pyrrole nitrogens is 1. The van der Waals surface area contributed by atoms with Crippen molar-refractivity contribution in [2.75, 3.05) is 5.75 Å². The molecule has 0 aliphatic heterocycles. The van der Waals surface area contributed by atoms with Crippen molar-refractivity contribution in [2.24, 2.45) is 12.8 Å². The molecule has 1 amide bonds. The molecule has 0 spiro atoms. The highest BCUT2D eigenvalue weighted by molar-refractivity contribution is 7.99. The summed E-state index contributed by atoms with van der Waals surface area (Å²) in [5, 5.41) is 0.466. The molecule has 0 radical (unpaired) electrons. The van der Waals surface area contributed by atoms with Gasteiger partial charge < -0.3 is 10.3 Å². The summed E-state index contributed by atoms with van der Waals surface area (Å²) in [6, 6.07) is 0. The van der Waals surface area contributed by atoms with Gasteiger partial charge in [-0.25, -0.2) is 9.78 Å². The monoisotopic (exact) mass is 309 g/mol. The Morgan fingerprint density at radius 2 is 2.19 bits per heavy atom. The molecule has 0 saturated carbocycles. The number of hydrogen-bond donors (Lipinski definition) is 2. The van der Waals surface area contributed by atoms with E-state index in [1.807, 2.05) is 19.1 Å². The number of aromatic nitrogens is 4. The van der Waals surface area contributed by atoms with Gasteiger partial charge in [-0.3, -0.25) is 19.1 Å². The minimum absolute atomic E-state index is 0.0466. The van der Waals surface area contributed by atoms with Crippen LogP contribution in [-0.4, -0.2) is 30.8 Å². The van der Waals surface area contributed by atoms with Crippen molar-refractivity contribution in [3.63, 3.8) is 0 Å². The first-order chi connectivity index (χ1) is 9.95. The summed E-state index contributed by atoms with van der Waals surface area (Å²) >= 11 is 1.13. The fourth-order valence-electron chi connectivity index (χ4n) is 1.84. The average Bonchev–Trinajstić information content (AvgIpc) is 2.79. The quantitative estimate of drug-likeness (QED) is 0.574. The van der Waals surface area contributed by atoms with Gasteiger partial charge in [0.05, 0.1) is 5.75 Å². The highest BCUT2D eigenvalue weighted by Crippen LogP contribution is 2.21. The van der Waals surface area contributed by atoms with Crippen molar-refractivity contribution in [1.82, 2.24) is 19.1 Å². The lowest BCUT2D eigenvalue weighted by Gasteiger charge is -2.04. The summed E-state index contributed by atoms with van der Waals surface area (Å²) in [5.74, 6) is -0.433. The van der Waals surface area contributed by atoms with E-state index in [0.717, 1.165) is 11.8 Å². The second-order valence-electron chi connectivity index (χ2n) is 4.32. The standard InChI is InChI=1S/C12H15N5O3S/c1-3-4-5-17-8-9(14-12(17)21-6-7(13)18)16(2)11(20)15-10(8)19/h3-4H,5-6H2,1-2H3,(H2,13,18)(H,15,19,20). The van der Waals surface area contributed by atoms with Crippen LogP contribution in [0.25, 0.3) is 11.2 Å². The molecule has 0 bridgehead atoms. The molecule has 0 saturated heterocycles. The van der Waals surface area contributed by atoms with Gasteiger partial charge in [-0.1, -0.05) is 23.9 Å². The largest absolute Gasteiger partial charge is 0.369 e. The lowest BCUT2D eigenvalue weighted by molar-refractivity contribution is -0.115. The van der Waals surface area contributed by atoms with Crippen LogP contribution in [0.15, 0.2) is 26.9 Å². The van der Waals surface area contributed by atoms with Gasteiger partial charge in [-0.15, -0.1) is 0 Å². The van der Waals surface area contributed by atoms with Crippen molar-refractivity contribution >= 4 is 28.8 Å². The number of rotatable bonds is 5. The molecule has 0 aliphatic carbocycles. The first-order valence-corrected chi connectivity index (χ1v) is 7.16. The van der Waals surface area contributed by atoms with E-state index in [2.05, 4.69) is 9.97 Å². The predicted octanol–water partition coefficient (Wildman–Crippen LogP) is -0.423. The Bertz CT molecular complexity index is 830. The first kappa shape index (κ1) is 15.1. The van der Waals surface area contributed by atoms with Crippen molar-refractivity contribution in [2.45, 2.75) is 18.6 Å². The van der Waals surface area contributed by atoms with Crippen molar-refractivity contribution in [1.29, 1.82) is 0 Å². The van der Waals surface area contributed by atoms with Gasteiger partial charge >= 0.3 is 5.69 Å². The zero-order valence-corrected chi connectivity index (χ0v) is 12.4. The molecular weight excluding hydrogens is 294 g/mol. The van der Waals surface area contributed by atoms with Crippen LogP contribution >= 0.6 is 11.8 Å².